The molecule has 0 amide bonds. The second-order valence-electron chi connectivity index (χ2n) is 5.56. The van der Waals surface area contributed by atoms with Crippen LogP contribution in [0.3, 0.4) is 0 Å². The number of rotatable bonds is 2. The van der Waals surface area contributed by atoms with Crippen LogP contribution in [0.5, 0.6) is 0 Å². The Morgan fingerprint density at radius 2 is 1.82 bits per heavy atom. The number of carbonyl (C=O) groups is 1. The summed E-state index contributed by atoms with van der Waals surface area (Å²) in [6, 6.07) is 0.181. The van der Waals surface area contributed by atoms with Gasteiger partial charge in [-0.3, -0.25) is 4.79 Å². The Kier molecular flexibility index (Phi) is 4.05. The van der Waals surface area contributed by atoms with Crippen LogP contribution in [-0.2, 0) is 14.3 Å². The highest BCUT2D eigenvalue weighted by Gasteiger charge is 2.33. The molecule has 1 aliphatic heterocycles. The van der Waals surface area contributed by atoms with E-state index in [1.165, 1.54) is 0 Å². The van der Waals surface area contributed by atoms with Gasteiger partial charge in [-0.05, 0) is 33.1 Å². The monoisotopic (exact) mass is 241 g/mol. The van der Waals surface area contributed by atoms with E-state index in [2.05, 4.69) is 0 Å². The van der Waals surface area contributed by atoms with E-state index < -0.39 is 0 Å². The van der Waals surface area contributed by atoms with Crippen LogP contribution in [0.1, 0.15) is 46.0 Å². The Hall–Kier alpha value is -0.610. The van der Waals surface area contributed by atoms with Gasteiger partial charge in [0.1, 0.15) is 6.10 Å². The highest BCUT2D eigenvalue weighted by molar-refractivity contribution is 5.73. The molecule has 4 nitrogen and oxygen atoms in total. The summed E-state index contributed by atoms with van der Waals surface area (Å²) in [5.74, 6) is -0.0253. The first-order chi connectivity index (χ1) is 8.04. The van der Waals surface area contributed by atoms with Crippen molar-refractivity contribution in [2.75, 3.05) is 0 Å². The summed E-state index contributed by atoms with van der Waals surface area (Å²) in [6.45, 7) is 4.06. The predicted octanol–water partition coefficient (Wildman–Crippen LogP) is 1.61. The average molecular weight is 241 g/mol. The fourth-order valence-corrected chi connectivity index (χ4v) is 2.93. The van der Waals surface area contributed by atoms with Crippen molar-refractivity contribution < 1.29 is 14.3 Å². The van der Waals surface area contributed by atoms with Crippen molar-refractivity contribution in [1.29, 1.82) is 0 Å². The van der Waals surface area contributed by atoms with Gasteiger partial charge < -0.3 is 15.2 Å². The van der Waals surface area contributed by atoms with E-state index in [0.717, 1.165) is 32.1 Å². The molecule has 2 rings (SSSR count). The Balaban J connectivity index is 1.81. The minimum absolute atomic E-state index is 0.0260. The van der Waals surface area contributed by atoms with Crippen LogP contribution in [-0.4, -0.2) is 30.3 Å². The zero-order chi connectivity index (χ0) is 12.4. The van der Waals surface area contributed by atoms with E-state index in [1.54, 1.807) is 0 Å². The molecule has 2 fully saturated rings. The van der Waals surface area contributed by atoms with Crippen molar-refractivity contribution in [3.05, 3.63) is 0 Å². The van der Waals surface area contributed by atoms with Gasteiger partial charge in [-0.1, -0.05) is 0 Å². The molecule has 4 heteroatoms. The lowest BCUT2D eigenvalue weighted by Gasteiger charge is -2.32. The minimum atomic E-state index is -0.0516. The first kappa shape index (κ1) is 12.8. The molecule has 4 atom stereocenters. The van der Waals surface area contributed by atoms with Crippen LogP contribution in [0.2, 0.25) is 0 Å². The third-order valence-corrected chi connectivity index (χ3v) is 3.74. The fourth-order valence-electron chi connectivity index (χ4n) is 2.93. The predicted molar refractivity (Wildman–Crippen MR) is 64.4 cm³/mol. The van der Waals surface area contributed by atoms with Crippen molar-refractivity contribution >= 4 is 5.97 Å². The van der Waals surface area contributed by atoms with Gasteiger partial charge in [0.2, 0.25) is 0 Å². The Labute approximate surface area is 103 Å². The SMILES string of the molecule is CC1CC(OC(=O)[C@@H]2CC[C@H](N)C2)CC(C)O1. The van der Waals surface area contributed by atoms with Crippen molar-refractivity contribution in [1.82, 2.24) is 0 Å². The van der Waals surface area contributed by atoms with Gasteiger partial charge in [0.05, 0.1) is 18.1 Å². The van der Waals surface area contributed by atoms with Crippen LogP contribution in [0.25, 0.3) is 0 Å². The third kappa shape index (κ3) is 3.42. The van der Waals surface area contributed by atoms with Gasteiger partial charge in [-0.25, -0.2) is 0 Å². The van der Waals surface area contributed by atoms with Crippen LogP contribution in [0.4, 0.5) is 0 Å². The molecule has 2 aliphatic rings. The number of carbonyl (C=O) groups excluding carboxylic acids is 1. The normalized spacial score (nSPS) is 42.4. The van der Waals surface area contributed by atoms with Crippen molar-refractivity contribution in [3.8, 4) is 0 Å². The quantitative estimate of drug-likeness (QED) is 0.746. The maximum atomic E-state index is 12.0. The van der Waals surface area contributed by atoms with E-state index in [9.17, 15) is 4.79 Å². The molecule has 98 valence electrons. The fraction of sp³-hybridized carbons (Fsp3) is 0.923. The summed E-state index contributed by atoms with van der Waals surface area (Å²) in [5, 5.41) is 0. The highest BCUT2D eigenvalue weighted by atomic mass is 16.6. The summed E-state index contributed by atoms with van der Waals surface area (Å²) < 4.78 is 11.2. The van der Waals surface area contributed by atoms with E-state index in [-0.39, 0.29) is 36.2 Å². The summed E-state index contributed by atoms with van der Waals surface area (Å²) in [5.41, 5.74) is 5.81. The number of hydrogen-bond acceptors (Lipinski definition) is 4. The van der Waals surface area contributed by atoms with E-state index >= 15 is 0 Å². The lowest BCUT2D eigenvalue weighted by atomic mass is 10.0. The first-order valence-electron chi connectivity index (χ1n) is 6.66. The zero-order valence-electron chi connectivity index (χ0n) is 10.7. The maximum absolute atomic E-state index is 12.0. The second kappa shape index (κ2) is 5.36. The summed E-state index contributed by atoms with van der Waals surface area (Å²) >= 11 is 0. The third-order valence-electron chi connectivity index (χ3n) is 3.74. The van der Waals surface area contributed by atoms with Gasteiger partial charge in [0.25, 0.3) is 0 Å². The topological polar surface area (TPSA) is 61.5 Å². The van der Waals surface area contributed by atoms with Gasteiger partial charge in [-0.2, -0.15) is 0 Å². The summed E-state index contributed by atoms with van der Waals surface area (Å²) in [7, 11) is 0. The molecular formula is C13H23NO3. The lowest BCUT2D eigenvalue weighted by Crippen LogP contribution is -2.36. The molecule has 1 heterocycles. The summed E-state index contributed by atoms with van der Waals surface area (Å²) in [4.78, 5) is 12.0. The smallest absolute Gasteiger partial charge is 0.309 e. The molecule has 0 aromatic carbocycles. The van der Waals surface area contributed by atoms with Gasteiger partial charge in [0, 0.05) is 18.9 Å². The molecule has 0 bridgehead atoms. The summed E-state index contributed by atoms with van der Waals surface area (Å²) in [6.07, 6.45) is 4.63. The van der Waals surface area contributed by atoms with Crippen molar-refractivity contribution in [2.24, 2.45) is 11.7 Å². The van der Waals surface area contributed by atoms with Crippen LogP contribution in [0, 0.1) is 5.92 Å². The maximum Gasteiger partial charge on any atom is 0.309 e. The minimum Gasteiger partial charge on any atom is -0.462 e. The molecule has 0 radical (unpaired) electrons. The Bertz CT molecular complexity index is 272. The molecule has 1 saturated carbocycles. The number of ether oxygens (including phenoxy) is 2. The van der Waals surface area contributed by atoms with E-state index in [4.69, 9.17) is 15.2 Å². The molecule has 2 unspecified atom stereocenters. The molecule has 17 heavy (non-hydrogen) atoms. The number of nitrogens with two attached hydrogens (primary N) is 1. The lowest BCUT2D eigenvalue weighted by molar-refractivity contribution is -0.164. The van der Waals surface area contributed by atoms with Crippen LogP contribution in [0.15, 0.2) is 0 Å². The van der Waals surface area contributed by atoms with Gasteiger partial charge >= 0.3 is 5.97 Å². The largest absolute Gasteiger partial charge is 0.462 e. The standard InChI is InChI=1S/C13H23NO3/c1-8-5-12(6-9(2)16-8)17-13(15)10-3-4-11(14)7-10/h8-12H,3-7,14H2,1-2H3/t8?,9?,10-,11+,12?/m1/s1. The van der Waals surface area contributed by atoms with Gasteiger partial charge in [0.15, 0.2) is 0 Å². The van der Waals surface area contributed by atoms with Crippen LogP contribution >= 0.6 is 0 Å². The number of hydrogen-bond donors (Lipinski definition) is 1. The average Bonchev–Trinajstić information content (AvgIpc) is 2.63. The molecule has 0 aromatic rings. The second-order valence-corrected chi connectivity index (χ2v) is 5.56. The van der Waals surface area contributed by atoms with Crippen molar-refractivity contribution in [2.45, 2.75) is 70.3 Å². The highest BCUT2D eigenvalue weighted by Crippen LogP contribution is 2.28. The molecular weight excluding hydrogens is 218 g/mol. The molecule has 1 aliphatic carbocycles. The van der Waals surface area contributed by atoms with Crippen molar-refractivity contribution in [3.63, 3.8) is 0 Å². The van der Waals surface area contributed by atoms with Crippen LogP contribution < -0.4 is 5.73 Å². The Morgan fingerprint density at radius 3 is 2.35 bits per heavy atom. The number of esters is 1. The molecule has 0 aromatic heterocycles. The van der Waals surface area contributed by atoms with E-state index in [1.807, 2.05) is 13.8 Å². The van der Waals surface area contributed by atoms with Gasteiger partial charge in [-0.15, -0.1) is 0 Å². The van der Waals surface area contributed by atoms with E-state index in [0.29, 0.717) is 0 Å². The zero-order valence-corrected chi connectivity index (χ0v) is 10.7. The molecule has 1 saturated heterocycles. The molecule has 0 spiro atoms. The first-order valence-corrected chi connectivity index (χ1v) is 6.66. The molecule has 2 N–H and O–H groups in total. The Morgan fingerprint density at radius 1 is 1.18 bits per heavy atom.